The Kier molecular flexibility index (Phi) is 9.51. The van der Waals surface area contributed by atoms with Gasteiger partial charge in [-0.3, -0.25) is 0 Å². The molecular weight excluding hydrogens is 414 g/mol. The number of aromatic nitrogens is 3. The number of rotatable bonds is 10. The molecule has 0 saturated carbocycles. The van der Waals surface area contributed by atoms with Gasteiger partial charge in [0.05, 0.1) is 32.1 Å². The monoisotopic (exact) mass is 443 g/mol. The predicted octanol–water partition coefficient (Wildman–Crippen LogP) is 2.64. The zero-order valence-electron chi connectivity index (χ0n) is 17.6. The number of aliphatic hydroxyl groups excluding tert-OH is 2. The lowest BCUT2D eigenvalue weighted by Crippen LogP contribution is -2.28. The van der Waals surface area contributed by atoms with Crippen molar-refractivity contribution in [3.63, 3.8) is 0 Å². The summed E-state index contributed by atoms with van der Waals surface area (Å²) < 4.78 is 5.45. The van der Waals surface area contributed by atoms with Gasteiger partial charge in [-0.2, -0.15) is 13.5 Å². The Morgan fingerprint density at radius 2 is 1.77 bits per heavy atom. The lowest BCUT2D eigenvalue weighted by Gasteiger charge is -2.16. The highest BCUT2D eigenvalue weighted by Crippen LogP contribution is 2.26. The Hall–Kier alpha value is -2.88. The molecule has 0 aliphatic rings. The van der Waals surface area contributed by atoms with Crippen LogP contribution in [-0.4, -0.2) is 58.1 Å². The number of nitrogens with zero attached hydrogens (tertiary/aromatic N) is 3. The summed E-state index contributed by atoms with van der Waals surface area (Å²) in [7, 11) is 1.68. The highest BCUT2D eigenvalue weighted by Gasteiger charge is 2.12. The van der Waals surface area contributed by atoms with Crippen molar-refractivity contribution in [3.05, 3.63) is 60.6 Å². The van der Waals surface area contributed by atoms with E-state index in [9.17, 15) is 0 Å². The molecule has 0 fully saturated rings. The Morgan fingerprint density at radius 1 is 1.00 bits per heavy atom. The van der Waals surface area contributed by atoms with Gasteiger partial charge in [0, 0.05) is 30.3 Å². The quantitative estimate of drug-likeness (QED) is 0.378. The van der Waals surface area contributed by atoms with Crippen LogP contribution in [0.2, 0.25) is 0 Å². The molecule has 2 heterocycles. The second-order valence-corrected chi connectivity index (χ2v) is 6.95. The summed E-state index contributed by atoms with van der Waals surface area (Å²) in [4.78, 5) is 13.0. The number of hydrogen-bond donors (Lipinski definition) is 4. The van der Waals surface area contributed by atoms with Crippen molar-refractivity contribution in [1.29, 1.82) is 0 Å². The SMILES string of the molecule is COc1ccccc1[C@H](C)CNc1cc(-c2ccc(NC(CO)CO)nc2)ncn1.S. The van der Waals surface area contributed by atoms with E-state index in [0.717, 1.165) is 28.4 Å². The topological polar surface area (TPSA) is 112 Å². The second kappa shape index (κ2) is 12.1. The van der Waals surface area contributed by atoms with Gasteiger partial charge in [-0.25, -0.2) is 15.0 Å². The van der Waals surface area contributed by atoms with Gasteiger partial charge < -0.3 is 25.6 Å². The fourth-order valence-corrected chi connectivity index (χ4v) is 3.04. The molecule has 1 atom stereocenters. The van der Waals surface area contributed by atoms with Crippen LogP contribution in [0.4, 0.5) is 11.6 Å². The first-order valence-corrected chi connectivity index (χ1v) is 9.78. The smallest absolute Gasteiger partial charge is 0.129 e. The van der Waals surface area contributed by atoms with Gasteiger partial charge in [-0.15, -0.1) is 0 Å². The average molecular weight is 444 g/mol. The van der Waals surface area contributed by atoms with Crippen LogP contribution >= 0.6 is 13.5 Å². The largest absolute Gasteiger partial charge is 0.496 e. The van der Waals surface area contributed by atoms with E-state index in [1.807, 2.05) is 30.3 Å². The number of para-hydroxylation sites is 1. The Labute approximate surface area is 189 Å². The van der Waals surface area contributed by atoms with Crippen molar-refractivity contribution in [2.45, 2.75) is 18.9 Å². The standard InChI is InChI=1S/C22H27N5O3.H2S/c1-15(18-5-3-4-6-20(18)30-2)10-23-22-9-19(25-14-26-22)16-7-8-21(24-11-16)27-17(12-28)13-29;/h3-9,11,14-15,17,28-29H,10,12-13H2,1-2H3,(H,24,27)(H,23,25,26);1H2/t15-;/m1./s1. The molecule has 0 saturated heterocycles. The van der Waals surface area contributed by atoms with Crippen molar-refractivity contribution >= 4 is 25.1 Å². The van der Waals surface area contributed by atoms with Crippen LogP contribution in [0, 0.1) is 0 Å². The maximum atomic E-state index is 9.16. The van der Waals surface area contributed by atoms with Crippen LogP contribution in [0.5, 0.6) is 5.75 Å². The van der Waals surface area contributed by atoms with Crippen molar-refractivity contribution in [1.82, 2.24) is 15.0 Å². The zero-order valence-corrected chi connectivity index (χ0v) is 18.6. The van der Waals surface area contributed by atoms with E-state index in [1.165, 1.54) is 6.33 Å². The minimum absolute atomic E-state index is 0. The van der Waals surface area contributed by atoms with E-state index < -0.39 is 6.04 Å². The van der Waals surface area contributed by atoms with Gasteiger partial charge in [0.15, 0.2) is 0 Å². The van der Waals surface area contributed by atoms with Crippen molar-refractivity contribution in [2.75, 3.05) is 37.5 Å². The second-order valence-electron chi connectivity index (χ2n) is 6.95. The number of ether oxygens (including phenoxy) is 1. The first-order valence-electron chi connectivity index (χ1n) is 9.78. The van der Waals surface area contributed by atoms with Crippen molar-refractivity contribution in [2.24, 2.45) is 0 Å². The number of pyridine rings is 1. The number of aliphatic hydroxyl groups is 2. The molecule has 0 radical (unpaired) electrons. The molecule has 8 nitrogen and oxygen atoms in total. The molecule has 9 heteroatoms. The van der Waals surface area contributed by atoms with Crippen molar-refractivity contribution < 1.29 is 14.9 Å². The molecule has 166 valence electrons. The van der Waals surface area contributed by atoms with Crippen LogP contribution in [0.3, 0.4) is 0 Å². The molecule has 3 rings (SSSR count). The Morgan fingerprint density at radius 3 is 2.45 bits per heavy atom. The summed E-state index contributed by atoms with van der Waals surface area (Å²) in [6.45, 7) is 2.48. The first-order chi connectivity index (χ1) is 14.6. The number of nitrogens with one attached hydrogen (secondary N) is 2. The van der Waals surface area contributed by atoms with Gasteiger partial charge in [0.1, 0.15) is 23.7 Å². The van der Waals surface area contributed by atoms with Gasteiger partial charge in [-0.05, 0) is 23.8 Å². The maximum Gasteiger partial charge on any atom is 0.129 e. The third-order valence-electron chi connectivity index (χ3n) is 4.78. The van der Waals surface area contributed by atoms with Gasteiger partial charge in [0.2, 0.25) is 0 Å². The highest BCUT2D eigenvalue weighted by atomic mass is 32.1. The normalized spacial score (nSPS) is 11.5. The number of anilines is 2. The van der Waals surface area contributed by atoms with Crippen LogP contribution in [0.1, 0.15) is 18.4 Å². The summed E-state index contributed by atoms with van der Waals surface area (Å²) in [5, 5.41) is 24.6. The van der Waals surface area contributed by atoms with Crippen LogP contribution in [0.25, 0.3) is 11.3 Å². The molecule has 2 aromatic heterocycles. The number of methoxy groups -OCH3 is 1. The molecule has 0 amide bonds. The zero-order chi connectivity index (χ0) is 21.3. The van der Waals surface area contributed by atoms with E-state index >= 15 is 0 Å². The van der Waals surface area contributed by atoms with Gasteiger partial charge in [-0.1, -0.05) is 25.1 Å². The molecule has 0 bridgehead atoms. The molecule has 0 spiro atoms. The van der Waals surface area contributed by atoms with Crippen LogP contribution in [-0.2, 0) is 0 Å². The minimum Gasteiger partial charge on any atom is -0.496 e. The molecule has 31 heavy (non-hydrogen) atoms. The summed E-state index contributed by atoms with van der Waals surface area (Å²) in [6.07, 6.45) is 3.21. The third-order valence-corrected chi connectivity index (χ3v) is 4.78. The molecule has 1 aromatic carbocycles. The minimum atomic E-state index is -0.441. The van der Waals surface area contributed by atoms with E-state index in [1.54, 1.807) is 19.4 Å². The Bertz CT molecular complexity index is 938. The van der Waals surface area contributed by atoms with Crippen LogP contribution < -0.4 is 15.4 Å². The third kappa shape index (κ3) is 6.55. The fourth-order valence-electron chi connectivity index (χ4n) is 3.04. The summed E-state index contributed by atoms with van der Waals surface area (Å²) in [5.74, 6) is 2.41. The summed E-state index contributed by atoms with van der Waals surface area (Å²) in [5.41, 5.74) is 2.73. The predicted molar refractivity (Wildman–Crippen MR) is 127 cm³/mol. The lowest BCUT2D eigenvalue weighted by atomic mass is 10.00. The van der Waals surface area contributed by atoms with Gasteiger partial charge in [0.25, 0.3) is 0 Å². The molecular formula is C22H29N5O3S. The molecule has 0 aliphatic heterocycles. The number of hydrogen-bond acceptors (Lipinski definition) is 8. The first kappa shape index (κ1) is 24.4. The summed E-state index contributed by atoms with van der Waals surface area (Å²) >= 11 is 0. The summed E-state index contributed by atoms with van der Waals surface area (Å²) in [6, 6.07) is 13.1. The molecule has 0 unspecified atom stereocenters. The molecule has 4 N–H and O–H groups in total. The number of benzene rings is 1. The van der Waals surface area contributed by atoms with Crippen LogP contribution in [0.15, 0.2) is 55.0 Å². The maximum absolute atomic E-state index is 9.16. The van der Waals surface area contributed by atoms with E-state index in [2.05, 4.69) is 38.6 Å². The van der Waals surface area contributed by atoms with Gasteiger partial charge >= 0.3 is 0 Å². The van der Waals surface area contributed by atoms with E-state index in [0.29, 0.717) is 12.4 Å². The van der Waals surface area contributed by atoms with E-state index in [4.69, 9.17) is 14.9 Å². The van der Waals surface area contributed by atoms with Crippen molar-refractivity contribution in [3.8, 4) is 17.0 Å². The highest BCUT2D eigenvalue weighted by molar-refractivity contribution is 7.59. The fraction of sp³-hybridized carbons (Fsp3) is 0.318. The van der Waals surface area contributed by atoms with E-state index in [-0.39, 0.29) is 32.6 Å². The molecule has 3 aromatic rings. The lowest BCUT2D eigenvalue weighted by molar-refractivity contribution is 0.203. The molecule has 0 aliphatic carbocycles. The Balaban J connectivity index is 0.00000341. The average Bonchev–Trinajstić information content (AvgIpc) is 2.81.